The van der Waals surface area contributed by atoms with Gasteiger partial charge in [0.2, 0.25) is 0 Å². The second kappa shape index (κ2) is 7.72. The van der Waals surface area contributed by atoms with Gasteiger partial charge in [-0.1, -0.05) is 41.7 Å². The monoisotopic (exact) mass is 385 g/mol. The Hall–Kier alpha value is -2.64. The summed E-state index contributed by atoms with van der Waals surface area (Å²) in [7, 11) is 1.62. The van der Waals surface area contributed by atoms with E-state index < -0.39 is 0 Å². The lowest BCUT2D eigenvalue weighted by Gasteiger charge is -2.09. The number of amides is 1. The average Bonchev–Trinajstić information content (AvgIpc) is 2.95. The third-order valence-corrected chi connectivity index (χ3v) is 5.41. The number of carbonyl (C=O) groups is 1. The molecule has 0 saturated heterocycles. The number of nitrogens with one attached hydrogen (secondary N) is 1. The molecule has 7 heteroatoms. The Balaban J connectivity index is 1.81. The van der Waals surface area contributed by atoms with E-state index >= 15 is 0 Å². The van der Waals surface area contributed by atoms with E-state index in [4.69, 9.17) is 22.7 Å². The van der Waals surface area contributed by atoms with Gasteiger partial charge in [0.15, 0.2) is 3.95 Å². The maximum absolute atomic E-state index is 12.6. The highest BCUT2D eigenvalue weighted by Crippen LogP contribution is 2.27. The van der Waals surface area contributed by atoms with E-state index in [-0.39, 0.29) is 5.91 Å². The highest BCUT2D eigenvalue weighted by atomic mass is 32.1. The molecule has 5 nitrogen and oxygen atoms in total. The number of thiazole rings is 1. The molecule has 0 fully saturated rings. The molecule has 0 aliphatic rings. The van der Waals surface area contributed by atoms with Crippen LogP contribution in [0.1, 0.15) is 20.8 Å². The maximum Gasteiger partial charge on any atom is 0.265 e. The first-order valence-corrected chi connectivity index (χ1v) is 9.22. The van der Waals surface area contributed by atoms with Crippen LogP contribution in [0.5, 0.6) is 5.75 Å². The molecule has 0 aliphatic carbocycles. The first kappa shape index (κ1) is 18.2. The van der Waals surface area contributed by atoms with Crippen LogP contribution in [0.15, 0.2) is 48.5 Å². The van der Waals surface area contributed by atoms with Crippen molar-refractivity contribution < 1.29 is 9.53 Å². The van der Waals surface area contributed by atoms with Gasteiger partial charge >= 0.3 is 0 Å². The highest BCUT2D eigenvalue weighted by Gasteiger charge is 2.18. The van der Waals surface area contributed by atoms with E-state index in [0.717, 1.165) is 22.6 Å². The van der Waals surface area contributed by atoms with Crippen LogP contribution in [0.25, 0.3) is 5.69 Å². The summed E-state index contributed by atoms with van der Waals surface area (Å²) in [4.78, 5) is 13.0. The summed E-state index contributed by atoms with van der Waals surface area (Å²) in [5.41, 5.74) is 9.14. The van der Waals surface area contributed by atoms with Gasteiger partial charge in [-0.25, -0.2) is 0 Å². The van der Waals surface area contributed by atoms with Gasteiger partial charge in [-0.2, -0.15) is 0 Å². The second-order valence-electron chi connectivity index (χ2n) is 5.73. The number of anilines is 1. The number of hydrogen-bond donors (Lipinski definition) is 2. The van der Waals surface area contributed by atoms with Crippen molar-refractivity contribution in [2.45, 2.75) is 13.5 Å². The molecule has 0 radical (unpaired) electrons. The van der Waals surface area contributed by atoms with Crippen LogP contribution in [0.4, 0.5) is 5.82 Å². The van der Waals surface area contributed by atoms with Crippen molar-refractivity contribution in [1.29, 1.82) is 0 Å². The zero-order chi connectivity index (χ0) is 18.7. The summed E-state index contributed by atoms with van der Waals surface area (Å²) in [5, 5.41) is 2.89. The maximum atomic E-state index is 12.6. The first-order valence-electron chi connectivity index (χ1n) is 7.99. The fourth-order valence-corrected chi connectivity index (χ4v) is 3.87. The van der Waals surface area contributed by atoms with Crippen LogP contribution in [0.3, 0.4) is 0 Å². The molecule has 0 spiro atoms. The van der Waals surface area contributed by atoms with Crippen LogP contribution in [0, 0.1) is 10.9 Å². The molecule has 3 N–H and O–H groups in total. The number of carbonyl (C=O) groups excluding carboxylic acids is 1. The lowest BCUT2D eigenvalue weighted by molar-refractivity contribution is 0.0955. The van der Waals surface area contributed by atoms with Gasteiger partial charge < -0.3 is 15.8 Å². The number of aryl methyl sites for hydroxylation is 1. The number of aromatic nitrogens is 1. The lowest BCUT2D eigenvalue weighted by Crippen LogP contribution is -2.23. The molecule has 0 aliphatic heterocycles. The van der Waals surface area contributed by atoms with Crippen molar-refractivity contribution in [3.8, 4) is 11.4 Å². The molecule has 0 saturated carbocycles. The zero-order valence-corrected chi connectivity index (χ0v) is 16.1. The number of para-hydroxylation sites is 1. The normalized spacial score (nSPS) is 10.5. The lowest BCUT2D eigenvalue weighted by atomic mass is 10.2. The molecule has 3 aromatic rings. The third kappa shape index (κ3) is 3.63. The molecule has 134 valence electrons. The minimum absolute atomic E-state index is 0.234. The average molecular weight is 386 g/mol. The van der Waals surface area contributed by atoms with E-state index in [9.17, 15) is 4.79 Å². The van der Waals surface area contributed by atoms with Crippen LogP contribution < -0.4 is 15.8 Å². The molecule has 3 rings (SSSR count). The van der Waals surface area contributed by atoms with Crippen molar-refractivity contribution in [2.75, 3.05) is 12.8 Å². The Morgan fingerprint density at radius 1 is 1.23 bits per heavy atom. The van der Waals surface area contributed by atoms with Gasteiger partial charge in [0.25, 0.3) is 5.91 Å². The van der Waals surface area contributed by atoms with Crippen LogP contribution in [-0.4, -0.2) is 17.6 Å². The predicted molar refractivity (Wildman–Crippen MR) is 108 cm³/mol. The van der Waals surface area contributed by atoms with Crippen molar-refractivity contribution >= 4 is 35.3 Å². The Morgan fingerprint density at radius 3 is 2.58 bits per heavy atom. The molecular weight excluding hydrogens is 366 g/mol. The number of methoxy groups -OCH3 is 1. The van der Waals surface area contributed by atoms with Gasteiger partial charge in [-0.15, -0.1) is 0 Å². The number of nitrogens with zero attached hydrogens (tertiary/aromatic N) is 1. The van der Waals surface area contributed by atoms with E-state index in [1.807, 2.05) is 55.5 Å². The summed E-state index contributed by atoms with van der Waals surface area (Å²) in [6.07, 6.45) is 0. The highest BCUT2D eigenvalue weighted by molar-refractivity contribution is 7.73. The number of nitrogens with two attached hydrogens (primary N) is 1. The summed E-state index contributed by atoms with van der Waals surface area (Å²) >= 11 is 6.65. The molecular formula is C19H19N3O2S2. The van der Waals surface area contributed by atoms with E-state index in [2.05, 4.69) is 5.32 Å². The smallest absolute Gasteiger partial charge is 0.265 e. The Bertz CT molecular complexity index is 991. The van der Waals surface area contributed by atoms with Gasteiger partial charge in [0.1, 0.15) is 16.4 Å². The van der Waals surface area contributed by atoms with E-state index in [1.165, 1.54) is 11.3 Å². The van der Waals surface area contributed by atoms with Crippen molar-refractivity contribution in [1.82, 2.24) is 9.88 Å². The quantitative estimate of drug-likeness (QED) is 0.649. The van der Waals surface area contributed by atoms with Crippen molar-refractivity contribution in [3.05, 3.63) is 68.5 Å². The molecule has 0 unspecified atom stereocenters. The predicted octanol–water partition coefficient (Wildman–Crippen LogP) is 4.10. The van der Waals surface area contributed by atoms with Crippen LogP contribution in [0.2, 0.25) is 0 Å². The summed E-state index contributed by atoms with van der Waals surface area (Å²) in [5.74, 6) is 0.904. The van der Waals surface area contributed by atoms with Crippen molar-refractivity contribution in [2.24, 2.45) is 0 Å². The van der Waals surface area contributed by atoms with Gasteiger partial charge in [0, 0.05) is 6.54 Å². The van der Waals surface area contributed by atoms with E-state index in [0.29, 0.717) is 21.2 Å². The number of rotatable bonds is 5. The van der Waals surface area contributed by atoms with Gasteiger partial charge in [-0.05, 0) is 48.5 Å². The molecule has 1 amide bonds. The van der Waals surface area contributed by atoms with Gasteiger partial charge in [0.05, 0.1) is 12.8 Å². The Morgan fingerprint density at radius 2 is 1.92 bits per heavy atom. The fraction of sp³-hybridized carbons (Fsp3) is 0.158. The molecule has 1 aromatic heterocycles. The third-order valence-electron chi connectivity index (χ3n) is 4.02. The minimum atomic E-state index is -0.234. The number of benzene rings is 2. The summed E-state index contributed by atoms with van der Waals surface area (Å²) in [6, 6.07) is 15.3. The SMILES string of the molecule is COc1ccc(CNC(=O)c2sc(=S)n(-c3ccccc3C)c2N)cc1. The van der Waals surface area contributed by atoms with Gasteiger partial charge in [-0.3, -0.25) is 9.36 Å². The Labute approximate surface area is 161 Å². The fourth-order valence-electron chi connectivity index (χ4n) is 2.60. The largest absolute Gasteiger partial charge is 0.497 e. The van der Waals surface area contributed by atoms with Crippen LogP contribution >= 0.6 is 23.6 Å². The minimum Gasteiger partial charge on any atom is -0.497 e. The number of ether oxygens (including phenoxy) is 1. The number of nitrogen functional groups attached to an aromatic ring is 1. The van der Waals surface area contributed by atoms with E-state index in [1.54, 1.807) is 11.7 Å². The molecule has 2 aromatic carbocycles. The Kier molecular flexibility index (Phi) is 5.39. The van der Waals surface area contributed by atoms with Crippen LogP contribution in [-0.2, 0) is 6.54 Å². The molecule has 0 atom stereocenters. The zero-order valence-electron chi connectivity index (χ0n) is 14.5. The first-order chi connectivity index (χ1) is 12.5. The molecule has 26 heavy (non-hydrogen) atoms. The summed E-state index contributed by atoms with van der Waals surface area (Å²) < 4.78 is 7.43. The molecule has 1 heterocycles. The molecule has 0 bridgehead atoms. The second-order valence-corrected chi connectivity index (χ2v) is 7.38. The topological polar surface area (TPSA) is 69.3 Å². The summed E-state index contributed by atoms with van der Waals surface area (Å²) in [6.45, 7) is 2.38. The van der Waals surface area contributed by atoms with Crippen molar-refractivity contribution in [3.63, 3.8) is 0 Å². The number of hydrogen-bond acceptors (Lipinski definition) is 5. The standard InChI is InChI=1S/C19H19N3O2S2/c1-12-5-3-4-6-15(12)22-17(20)16(26-19(22)25)18(23)21-11-13-7-9-14(24-2)10-8-13/h3-10H,11,20H2,1-2H3,(H,21,23).